The average molecular weight is 294 g/mol. The van der Waals surface area contributed by atoms with Crippen molar-refractivity contribution in [2.45, 2.75) is 12.5 Å². The van der Waals surface area contributed by atoms with Gasteiger partial charge in [-0.05, 0) is 17.7 Å². The first-order chi connectivity index (χ1) is 10.7. The lowest BCUT2D eigenvalue weighted by Gasteiger charge is -2.02. The van der Waals surface area contributed by atoms with Crippen molar-refractivity contribution in [2.24, 2.45) is 20.4 Å². The second-order valence-corrected chi connectivity index (χ2v) is 4.85. The van der Waals surface area contributed by atoms with Gasteiger partial charge in [-0.15, -0.1) is 10.2 Å². The van der Waals surface area contributed by atoms with Crippen LogP contribution in [-0.2, 0) is 0 Å². The van der Waals surface area contributed by atoms with Gasteiger partial charge in [0.25, 0.3) is 0 Å². The van der Waals surface area contributed by atoms with Gasteiger partial charge in [0, 0.05) is 18.1 Å². The number of hydrogen-bond acceptors (Lipinski definition) is 5. The standard InChI is InChI=1S/C16H14N4O2/c21-13-7-6-12(15(22)8-13)10-17-19-16-9-14(18-20-16)11-4-2-1-3-5-11/h1-8,10,14,21-22H,9H2. The second kappa shape index (κ2) is 6.17. The molecule has 110 valence electrons. The van der Waals surface area contributed by atoms with Crippen LogP contribution in [0.2, 0.25) is 0 Å². The van der Waals surface area contributed by atoms with Gasteiger partial charge in [-0.3, -0.25) is 0 Å². The molecule has 0 spiro atoms. The Morgan fingerprint density at radius 1 is 1.09 bits per heavy atom. The van der Waals surface area contributed by atoms with E-state index in [-0.39, 0.29) is 17.5 Å². The lowest BCUT2D eigenvalue weighted by atomic mass is 10.1. The smallest absolute Gasteiger partial charge is 0.175 e. The van der Waals surface area contributed by atoms with Crippen molar-refractivity contribution in [3.8, 4) is 11.5 Å². The summed E-state index contributed by atoms with van der Waals surface area (Å²) < 4.78 is 0. The maximum Gasteiger partial charge on any atom is 0.175 e. The number of amidine groups is 1. The normalized spacial score (nSPS) is 19.3. The Bertz CT molecular complexity index is 754. The molecule has 2 N–H and O–H groups in total. The Balaban J connectivity index is 1.67. The van der Waals surface area contributed by atoms with Gasteiger partial charge in [-0.2, -0.15) is 10.2 Å². The average Bonchev–Trinajstić information content (AvgIpc) is 2.99. The van der Waals surface area contributed by atoms with Gasteiger partial charge in [0.05, 0.1) is 6.21 Å². The summed E-state index contributed by atoms with van der Waals surface area (Å²) in [5.74, 6) is 0.485. The van der Waals surface area contributed by atoms with Crippen LogP contribution in [0.1, 0.15) is 23.6 Å². The summed E-state index contributed by atoms with van der Waals surface area (Å²) >= 11 is 0. The van der Waals surface area contributed by atoms with Crippen molar-refractivity contribution in [3.63, 3.8) is 0 Å². The largest absolute Gasteiger partial charge is 0.508 e. The van der Waals surface area contributed by atoms with E-state index in [1.54, 1.807) is 6.07 Å². The molecule has 6 heteroatoms. The topological polar surface area (TPSA) is 89.9 Å². The Labute approximate surface area is 127 Å². The third kappa shape index (κ3) is 3.17. The Morgan fingerprint density at radius 3 is 2.68 bits per heavy atom. The maximum atomic E-state index is 9.63. The molecule has 3 rings (SSSR count). The Kier molecular flexibility index (Phi) is 3.91. The summed E-state index contributed by atoms with van der Waals surface area (Å²) in [5.41, 5.74) is 1.56. The van der Waals surface area contributed by atoms with E-state index < -0.39 is 0 Å². The molecule has 6 nitrogen and oxygen atoms in total. The number of phenolic OH excluding ortho intramolecular Hbond substituents is 2. The number of phenols is 2. The molecule has 0 aliphatic carbocycles. The minimum absolute atomic E-state index is 0.00346. The molecule has 0 bridgehead atoms. The first-order valence-corrected chi connectivity index (χ1v) is 6.80. The molecule has 1 unspecified atom stereocenters. The van der Waals surface area contributed by atoms with Gasteiger partial charge in [0.2, 0.25) is 0 Å². The zero-order valence-corrected chi connectivity index (χ0v) is 11.7. The molecule has 1 aliphatic heterocycles. The first-order valence-electron chi connectivity index (χ1n) is 6.80. The molecule has 0 saturated carbocycles. The molecule has 1 heterocycles. The number of rotatable bonds is 3. The van der Waals surface area contributed by atoms with Crippen LogP contribution in [0.25, 0.3) is 0 Å². The number of azo groups is 1. The van der Waals surface area contributed by atoms with Crippen LogP contribution < -0.4 is 0 Å². The minimum Gasteiger partial charge on any atom is -0.508 e. The molecule has 0 aromatic heterocycles. The summed E-state index contributed by atoms with van der Waals surface area (Å²) in [4.78, 5) is 0. The molecule has 0 fully saturated rings. The summed E-state index contributed by atoms with van der Waals surface area (Å²) in [7, 11) is 0. The van der Waals surface area contributed by atoms with E-state index in [2.05, 4.69) is 20.4 Å². The van der Waals surface area contributed by atoms with Crippen LogP contribution in [0, 0.1) is 0 Å². The first kappa shape index (κ1) is 13.9. The van der Waals surface area contributed by atoms with Gasteiger partial charge in [0.1, 0.15) is 17.5 Å². The van der Waals surface area contributed by atoms with Crippen molar-refractivity contribution < 1.29 is 10.2 Å². The summed E-state index contributed by atoms with van der Waals surface area (Å²) in [6.07, 6.45) is 2.01. The van der Waals surface area contributed by atoms with Crippen LogP contribution in [-0.4, -0.2) is 22.3 Å². The number of benzene rings is 2. The number of nitrogens with zero attached hydrogens (tertiary/aromatic N) is 4. The van der Waals surface area contributed by atoms with Crippen molar-refractivity contribution in [3.05, 3.63) is 59.7 Å². The van der Waals surface area contributed by atoms with Crippen LogP contribution in [0.15, 0.2) is 69.0 Å². The maximum absolute atomic E-state index is 9.63. The zero-order valence-electron chi connectivity index (χ0n) is 11.7. The van der Waals surface area contributed by atoms with Gasteiger partial charge in [0.15, 0.2) is 5.84 Å². The molecular formula is C16H14N4O2. The molecule has 1 atom stereocenters. The van der Waals surface area contributed by atoms with E-state index in [1.165, 1.54) is 18.3 Å². The van der Waals surface area contributed by atoms with E-state index in [0.717, 1.165) is 5.56 Å². The predicted octanol–water partition coefficient (Wildman–Crippen LogP) is 3.43. The molecule has 1 aliphatic rings. The van der Waals surface area contributed by atoms with Crippen LogP contribution in [0.5, 0.6) is 11.5 Å². The molecule has 22 heavy (non-hydrogen) atoms. The molecular weight excluding hydrogens is 280 g/mol. The summed E-state index contributed by atoms with van der Waals surface area (Å²) in [6.45, 7) is 0. The molecule has 0 amide bonds. The van der Waals surface area contributed by atoms with E-state index in [0.29, 0.717) is 17.8 Å². The monoisotopic (exact) mass is 294 g/mol. The van der Waals surface area contributed by atoms with Gasteiger partial charge >= 0.3 is 0 Å². The molecule has 2 aromatic rings. The van der Waals surface area contributed by atoms with E-state index >= 15 is 0 Å². The SMILES string of the molecule is Oc1ccc(C=NN=C2CC(c3ccccc3)N=N2)c(O)c1. The predicted molar refractivity (Wildman–Crippen MR) is 83.5 cm³/mol. The van der Waals surface area contributed by atoms with Crippen LogP contribution in [0.4, 0.5) is 0 Å². The fourth-order valence-electron chi connectivity index (χ4n) is 2.11. The Morgan fingerprint density at radius 2 is 1.91 bits per heavy atom. The lowest BCUT2D eigenvalue weighted by molar-refractivity contribution is 0.450. The van der Waals surface area contributed by atoms with Gasteiger partial charge < -0.3 is 10.2 Å². The lowest BCUT2D eigenvalue weighted by Crippen LogP contribution is -1.95. The van der Waals surface area contributed by atoms with Crippen molar-refractivity contribution >= 4 is 12.1 Å². The molecule has 0 radical (unpaired) electrons. The van der Waals surface area contributed by atoms with E-state index in [9.17, 15) is 10.2 Å². The van der Waals surface area contributed by atoms with E-state index in [1.807, 2.05) is 30.3 Å². The number of hydrogen-bond donors (Lipinski definition) is 2. The summed E-state index contributed by atoms with van der Waals surface area (Å²) in [6, 6.07) is 14.1. The van der Waals surface area contributed by atoms with E-state index in [4.69, 9.17) is 0 Å². The highest BCUT2D eigenvalue weighted by Gasteiger charge is 2.19. The van der Waals surface area contributed by atoms with Crippen LogP contribution >= 0.6 is 0 Å². The third-order valence-corrected chi connectivity index (χ3v) is 3.26. The van der Waals surface area contributed by atoms with Crippen molar-refractivity contribution in [1.29, 1.82) is 0 Å². The highest BCUT2D eigenvalue weighted by molar-refractivity contribution is 5.87. The zero-order chi connectivity index (χ0) is 15.4. The molecule has 2 aromatic carbocycles. The fourth-order valence-corrected chi connectivity index (χ4v) is 2.11. The van der Waals surface area contributed by atoms with Crippen LogP contribution in [0.3, 0.4) is 0 Å². The van der Waals surface area contributed by atoms with Gasteiger partial charge in [-0.25, -0.2) is 0 Å². The molecule has 0 saturated heterocycles. The van der Waals surface area contributed by atoms with Crippen molar-refractivity contribution in [2.75, 3.05) is 0 Å². The minimum atomic E-state index is -0.0563. The second-order valence-electron chi connectivity index (χ2n) is 4.85. The Hall–Kier alpha value is -3.02. The third-order valence-electron chi connectivity index (χ3n) is 3.26. The fraction of sp³-hybridized carbons (Fsp3) is 0.125. The van der Waals surface area contributed by atoms with Gasteiger partial charge in [-0.1, -0.05) is 30.3 Å². The summed E-state index contributed by atoms with van der Waals surface area (Å²) in [5, 5.41) is 35.0. The number of aromatic hydroxyl groups is 2. The van der Waals surface area contributed by atoms with Crippen molar-refractivity contribution in [1.82, 2.24) is 0 Å². The highest BCUT2D eigenvalue weighted by Crippen LogP contribution is 2.27. The highest BCUT2D eigenvalue weighted by atomic mass is 16.3. The quantitative estimate of drug-likeness (QED) is 0.670.